The maximum Gasteiger partial charge on any atom is 0.183 e. The predicted octanol–water partition coefficient (Wildman–Crippen LogP) is 2.78. The molecule has 4 heteroatoms. The Balaban J connectivity index is 1.89. The first-order chi connectivity index (χ1) is 6.25. The summed E-state index contributed by atoms with van der Waals surface area (Å²) in [6.07, 6.45) is 5.96. The Hall–Kier alpha value is -0.120. The number of hydrogen-bond donors (Lipinski definition) is 0. The van der Waals surface area contributed by atoms with E-state index in [1.54, 1.807) is 11.3 Å². The molecule has 0 unspecified atom stereocenters. The number of thiazole rings is 1. The van der Waals surface area contributed by atoms with E-state index in [9.17, 15) is 0 Å². The fraction of sp³-hybridized carbons (Fsp3) is 0.667. The zero-order valence-corrected chi connectivity index (χ0v) is 9.24. The van der Waals surface area contributed by atoms with E-state index in [-0.39, 0.29) is 0 Å². The van der Waals surface area contributed by atoms with Crippen molar-refractivity contribution in [3.63, 3.8) is 0 Å². The lowest BCUT2D eigenvalue weighted by molar-refractivity contribution is 0.154. The highest BCUT2D eigenvalue weighted by atomic mass is 35.5. The average molecular weight is 217 g/mol. The Bertz CT molecular complexity index is 283. The molecule has 0 aliphatic heterocycles. The Kier molecular flexibility index (Phi) is 2.86. The topological polar surface area (TPSA) is 16.1 Å². The molecular formula is C9H13ClN2S. The van der Waals surface area contributed by atoms with Crippen LogP contribution in [-0.2, 0) is 6.54 Å². The van der Waals surface area contributed by atoms with Gasteiger partial charge in [-0.25, -0.2) is 4.98 Å². The number of hydrogen-bond acceptors (Lipinski definition) is 3. The minimum absolute atomic E-state index is 0.650. The van der Waals surface area contributed by atoms with Crippen molar-refractivity contribution < 1.29 is 0 Å². The van der Waals surface area contributed by atoms with E-state index in [2.05, 4.69) is 16.9 Å². The van der Waals surface area contributed by atoms with Gasteiger partial charge in [-0.05, 0) is 19.9 Å². The summed E-state index contributed by atoms with van der Waals surface area (Å²) < 4.78 is 0.650. The smallest absolute Gasteiger partial charge is 0.183 e. The molecular weight excluding hydrogens is 204 g/mol. The second kappa shape index (κ2) is 3.95. The molecule has 1 fully saturated rings. The third-order valence-corrected chi connectivity index (χ3v) is 3.73. The highest BCUT2D eigenvalue weighted by molar-refractivity contribution is 7.15. The SMILES string of the molecule is CN(Cc1cnc(Cl)s1)C1CCC1. The molecule has 1 saturated carbocycles. The van der Waals surface area contributed by atoms with Crippen LogP contribution < -0.4 is 0 Å². The molecule has 0 atom stereocenters. The summed E-state index contributed by atoms with van der Waals surface area (Å²) in [6.45, 7) is 0.995. The first-order valence-corrected chi connectivity index (χ1v) is 5.75. The zero-order valence-electron chi connectivity index (χ0n) is 7.66. The molecule has 0 spiro atoms. The van der Waals surface area contributed by atoms with Gasteiger partial charge < -0.3 is 0 Å². The van der Waals surface area contributed by atoms with Crippen LogP contribution in [0.15, 0.2) is 6.20 Å². The van der Waals surface area contributed by atoms with Gasteiger partial charge in [-0.1, -0.05) is 18.0 Å². The summed E-state index contributed by atoms with van der Waals surface area (Å²) in [6, 6.07) is 0.792. The molecule has 72 valence electrons. The molecule has 1 heterocycles. The van der Waals surface area contributed by atoms with Gasteiger partial charge >= 0.3 is 0 Å². The van der Waals surface area contributed by atoms with Gasteiger partial charge in [0.1, 0.15) is 0 Å². The van der Waals surface area contributed by atoms with E-state index in [1.807, 2.05) is 6.20 Å². The number of aromatic nitrogens is 1. The molecule has 0 radical (unpaired) electrons. The number of halogens is 1. The Labute approximate surface area is 87.5 Å². The summed E-state index contributed by atoms with van der Waals surface area (Å²) in [5.41, 5.74) is 0. The van der Waals surface area contributed by atoms with E-state index in [4.69, 9.17) is 11.6 Å². The fourth-order valence-electron chi connectivity index (χ4n) is 1.56. The minimum atomic E-state index is 0.650. The number of nitrogens with zero attached hydrogens (tertiary/aromatic N) is 2. The Morgan fingerprint density at radius 1 is 1.69 bits per heavy atom. The average Bonchev–Trinajstić information content (AvgIpc) is 2.31. The van der Waals surface area contributed by atoms with Gasteiger partial charge in [-0.15, -0.1) is 11.3 Å². The van der Waals surface area contributed by atoms with E-state index in [1.165, 1.54) is 24.1 Å². The lowest BCUT2D eigenvalue weighted by Crippen LogP contribution is -2.36. The third kappa shape index (κ3) is 2.22. The van der Waals surface area contributed by atoms with Crippen LogP contribution in [0.5, 0.6) is 0 Å². The quantitative estimate of drug-likeness (QED) is 0.773. The standard InChI is InChI=1S/C9H13ClN2S/c1-12(7-3-2-4-7)6-8-5-11-9(10)13-8/h5,7H,2-4,6H2,1H3. The first kappa shape index (κ1) is 9.44. The second-order valence-electron chi connectivity index (χ2n) is 3.58. The third-order valence-electron chi connectivity index (χ3n) is 2.63. The van der Waals surface area contributed by atoms with Crippen molar-refractivity contribution in [2.45, 2.75) is 31.8 Å². The normalized spacial score (nSPS) is 17.8. The summed E-state index contributed by atoms with van der Waals surface area (Å²) in [4.78, 5) is 7.69. The second-order valence-corrected chi connectivity index (χ2v) is 5.28. The van der Waals surface area contributed by atoms with E-state index < -0.39 is 0 Å². The Morgan fingerprint density at radius 2 is 2.46 bits per heavy atom. The van der Waals surface area contributed by atoms with Crippen LogP contribution in [0.2, 0.25) is 4.47 Å². The van der Waals surface area contributed by atoms with Crippen LogP contribution >= 0.6 is 22.9 Å². The molecule has 1 aromatic heterocycles. The van der Waals surface area contributed by atoms with Gasteiger partial charge in [-0.3, -0.25) is 4.90 Å². The molecule has 1 aromatic rings. The highest BCUT2D eigenvalue weighted by Crippen LogP contribution is 2.26. The van der Waals surface area contributed by atoms with Crippen molar-refractivity contribution in [2.24, 2.45) is 0 Å². The van der Waals surface area contributed by atoms with Gasteiger partial charge in [0.2, 0.25) is 0 Å². The predicted molar refractivity (Wildman–Crippen MR) is 56.2 cm³/mol. The van der Waals surface area contributed by atoms with Gasteiger partial charge in [-0.2, -0.15) is 0 Å². The van der Waals surface area contributed by atoms with Crippen LogP contribution in [0, 0.1) is 0 Å². The molecule has 1 aliphatic rings. The van der Waals surface area contributed by atoms with Gasteiger partial charge in [0.05, 0.1) is 0 Å². The van der Waals surface area contributed by atoms with Crippen molar-refractivity contribution in [3.05, 3.63) is 15.5 Å². The number of rotatable bonds is 3. The molecule has 0 N–H and O–H groups in total. The van der Waals surface area contributed by atoms with Gasteiger partial charge in [0.15, 0.2) is 4.47 Å². The lowest BCUT2D eigenvalue weighted by Gasteiger charge is -2.34. The summed E-state index contributed by atoms with van der Waals surface area (Å²) >= 11 is 7.34. The van der Waals surface area contributed by atoms with Crippen LogP contribution in [0.25, 0.3) is 0 Å². The van der Waals surface area contributed by atoms with Crippen molar-refractivity contribution in [3.8, 4) is 0 Å². The fourth-order valence-corrected chi connectivity index (χ4v) is 2.60. The molecule has 2 nitrogen and oxygen atoms in total. The van der Waals surface area contributed by atoms with E-state index in [0.717, 1.165) is 12.6 Å². The van der Waals surface area contributed by atoms with Crippen molar-refractivity contribution in [1.29, 1.82) is 0 Å². The summed E-state index contributed by atoms with van der Waals surface area (Å²) in [7, 11) is 2.18. The molecule has 13 heavy (non-hydrogen) atoms. The first-order valence-electron chi connectivity index (χ1n) is 4.56. The minimum Gasteiger partial charge on any atom is -0.298 e. The van der Waals surface area contributed by atoms with Crippen LogP contribution in [0.4, 0.5) is 0 Å². The van der Waals surface area contributed by atoms with Gasteiger partial charge in [0.25, 0.3) is 0 Å². The molecule has 0 saturated heterocycles. The molecule has 2 rings (SSSR count). The maximum atomic E-state index is 5.76. The largest absolute Gasteiger partial charge is 0.298 e. The van der Waals surface area contributed by atoms with Crippen LogP contribution in [-0.4, -0.2) is 23.0 Å². The summed E-state index contributed by atoms with van der Waals surface area (Å²) in [5, 5.41) is 0. The molecule has 1 aliphatic carbocycles. The molecule has 0 bridgehead atoms. The molecule has 0 aromatic carbocycles. The van der Waals surface area contributed by atoms with Crippen LogP contribution in [0.1, 0.15) is 24.1 Å². The Morgan fingerprint density at radius 3 is 2.92 bits per heavy atom. The van der Waals surface area contributed by atoms with E-state index in [0.29, 0.717) is 4.47 Å². The maximum absolute atomic E-state index is 5.76. The summed E-state index contributed by atoms with van der Waals surface area (Å²) in [5.74, 6) is 0. The monoisotopic (exact) mass is 216 g/mol. The van der Waals surface area contributed by atoms with Crippen LogP contribution in [0.3, 0.4) is 0 Å². The van der Waals surface area contributed by atoms with Crippen molar-refractivity contribution in [1.82, 2.24) is 9.88 Å². The van der Waals surface area contributed by atoms with Crippen molar-refractivity contribution >= 4 is 22.9 Å². The van der Waals surface area contributed by atoms with Crippen molar-refractivity contribution in [2.75, 3.05) is 7.05 Å². The zero-order chi connectivity index (χ0) is 9.26. The lowest BCUT2D eigenvalue weighted by atomic mass is 9.92. The van der Waals surface area contributed by atoms with Gasteiger partial charge in [0, 0.05) is 23.7 Å². The molecule has 0 amide bonds. The van der Waals surface area contributed by atoms with E-state index >= 15 is 0 Å². The highest BCUT2D eigenvalue weighted by Gasteiger charge is 2.22.